The van der Waals surface area contributed by atoms with E-state index in [1.807, 2.05) is 24.3 Å². The number of nitrogens with one attached hydrogen (secondary N) is 3. The molecule has 2 fully saturated rings. The van der Waals surface area contributed by atoms with Crippen LogP contribution in [0.5, 0.6) is 5.75 Å². The first-order chi connectivity index (χ1) is 14.2. The second kappa shape index (κ2) is 11.0. The van der Waals surface area contributed by atoms with Gasteiger partial charge >= 0.3 is 0 Å². The lowest BCUT2D eigenvalue weighted by Gasteiger charge is -2.30. The minimum Gasteiger partial charge on any atom is -0.496 e. The third-order valence-electron chi connectivity index (χ3n) is 5.52. The van der Waals surface area contributed by atoms with Crippen molar-refractivity contribution in [3.63, 3.8) is 0 Å². The zero-order valence-electron chi connectivity index (χ0n) is 17.6. The van der Waals surface area contributed by atoms with Crippen LogP contribution in [0.1, 0.15) is 44.1 Å². The maximum Gasteiger partial charge on any atom is 0.223 e. The van der Waals surface area contributed by atoms with E-state index in [4.69, 9.17) is 9.47 Å². The number of guanidine groups is 1. The van der Waals surface area contributed by atoms with Crippen LogP contribution in [0.3, 0.4) is 0 Å². The van der Waals surface area contributed by atoms with Crippen LogP contribution in [-0.4, -0.2) is 51.3 Å². The number of hydrogen-bond acceptors (Lipinski definition) is 4. The molecule has 160 valence electrons. The van der Waals surface area contributed by atoms with Crippen molar-refractivity contribution in [2.75, 3.05) is 27.3 Å². The molecule has 0 spiro atoms. The van der Waals surface area contributed by atoms with Gasteiger partial charge in [-0.1, -0.05) is 24.6 Å². The van der Waals surface area contributed by atoms with Gasteiger partial charge in [0.15, 0.2) is 5.96 Å². The van der Waals surface area contributed by atoms with Crippen molar-refractivity contribution in [1.29, 1.82) is 0 Å². The molecule has 0 aliphatic heterocycles. The second-order valence-electron chi connectivity index (χ2n) is 7.85. The van der Waals surface area contributed by atoms with E-state index < -0.39 is 0 Å². The minimum absolute atomic E-state index is 0.115. The van der Waals surface area contributed by atoms with Crippen molar-refractivity contribution in [1.82, 2.24) is 16.0 Å². The quantitative estimate of drug-likeness (QED) is 0.335. The van der Waals surface area contributed by atoms with Crippen LogP contribution in [0, 0.1) is 5.92 Å². The fourth-order valence-corrected chi connectivity index (χ4v) is 3.74. The van der Waals surface area contributed by atoms with Gasteiger partial charge in [0.1, 0.15) is 5.75 Å². The van der Waals surface area contributed by atoms with Crippen LogP contribution in [-0.2, 0) is 16.1 Å². The summed E-state index contributed by atoms with van der Waals surface area (Å²) in [5.41, 5.74) is 1.04. The number of hydrogen-bond donors (Lipinski definition) is 3. The maximum atomic E-state index is 12.3. The van der Waals surface area contributed by atoms with Crippen LogP contribution in [0.4, 0.5) is 0 Å². The number of carbonyl (C=O) groups is 1. The van der Waals surface area contributed by atoms with Crippen LogP contribution in [0.15, 0.2) is 29.3 Å². The first-order valence-corrected chi connectivity index (χ1v) is 10.7. The van der Waals surface area contributed by atoms with E-state index in [0.29, 0.717) is 25.8 Å². The minimum atomic E-state index is 0.115. The van der Waals surface area contributed by atoms with Gasteiger partial charge in [-0.15, -0.1) is 0 Å². The number of ether oxygens (including phenoxy) is 2. The summed E-state index contributed by atoms with van der Waals surface area (Å²) in [5.74, 6) is 1.95. The number of carbonyl (C=O) groups excluding carboxylic acids is 1. The summed E-state index contributed by atoms with van der Waals surface area (Å²) in [6, 6.07) is 8.58. The molecule has 1 amide bonds. The lowest BCUT2D eigenvalue weighted by molar-refractivity contribution is -0.126. The van der Waals surface area contributed by atoms with Crippen LogP contribution >= 0.6 is 0 Å². The second-order valence-corrected chi connectivity index (χ2v) is 7.85. The molecule has 0 radical (unpaired) electrons. The topological polar surface area (TPSA) is 84.0 Å². The van der Waals surface area contributed by atoms with E-state index in [-0.39, 0.29) is 17.9 Å². The average molecular weight is 403 g/mol. The Morgan fingerprint density at radius 3 is 2.72 bits per heavy atom. The Morgan fingerprint density at radius 1 is 1.14 bits per heavy atom. The molecule has 0 heterocycles. The Bertz CT molecular complexity index is 690. The molecular formula is C22H34N4O3. The van der Waals surface area contributed by atoms with Gasteiger partial charge in [-0.25, -0.2) is 0 Å². The monoisotopic (exact) mass is 402 g/mol. The molecule has 29 heavy (non-hydrogen) atoms. The molecule has 2 unspecified atom stereocenters. The summed E-state index contributed by atoms with van der Waals surface area (Å²) in [6.07, 6.45) is 6.26. The summed E-state index contributed by atoms with van der Waals surface area (Å²) in [5, 5.41) is 9.91. The van der Waals surface area contributed by atoms with Crippen molar-refractivity contribution in [3.8, 4) is 5.75 Å². The van der Waals surface area contributed by atoms with Gasteiger partial charge in [-0.2, -0.15) is 0 Å². The number of rotatable bonds is 9. The highest BCUT2D eigenvalue weighted by Gasteiger charge is 2.31. The van der Waals surface area contributed by atoms with Gasteiger partial charge in [0.05, 0.1) is 20.3 Å². The van der Waals surface area contributed by atoms with E-state index in [1.165, 1.54) is 0 Å². The van der Waals surface area contributed by atoms with Crippen molar-refractivity contribution >= 4 is 11.9 Å². The summed E-state index contributed by atoms with van der Waals surface area (Å²) in [4.78, 5) is 16.7. The fourth-order valence-electron chi connectivity index (χ4n) is 3.74. The lowest BCUT2D eigenvalue weighted by atomic mass is 9.85. The highest BCUT2D eigenvalue weighted by atomic mass is 16.5. The number of para-hydroxylation sites is 1. The van der Waals surface area contributed by atoms with E-state index in [0.717, 1.165) is 55.8 Å². The van der Waals surface area contributed by atoms with Crippen LogP contribution in [0.2, 0.25) is 0 Å². The number of nitrogens with zero attached hydrogens (tertiary/aromatic N) is 1. The van der Waals surface area contributed by atoms with Crippen LogP contribution < -0.4 is 20.7 Å². The summed E-state index contributed by atoms with van der Waals surface area (Å²) < 4.78 is 11.1. The molecule has 2 saturated carbocycles. The van der Waals surface area contributed by atoms with Gasteiger partial charge in [-0.05, 0) is 38.2 Å². The molecule has 2 aliphatic carbocycles. The predicted molar refractivity (Wildman–Crippen MR) is 114 cm³/mol. The van der Waals surface area contributed by atoms with Crippen molar-refractivity contribution in [2.24, 2.45) is 10.9 Å². The van der Waals surface area contributed by atoms with Crippen molar-refractivity contribution < 1.29 is 14.3 Å². The number of benzene rings is 1. The molecule has 0 bridgehead atoms. The number of aliphatic imine (C=N–C) groups is 1. The van der Waals surface area contributed by atoms with Gasteiger partial charge in [0.2, 0.25) is 5.91 Å². The number of methoxy groups -OCH3 is 1. The van der Waals surface area contributed by atoms with E-state index in [9.17, 15) is 4.79 Å². The fraction of sp³-hybridized carbons (Fsp3) is 0.636. The first kappa shape index (κ1) is 21.4. The normalized spacial score (nSPS) is 22.1. The third kappa shape index (κ3) is 6.92. The van der Waals surface area contributed by atoms with E-state index in [2.05, 4.69) is 20.9 Å². The summed E-state index contributed by atoms with van der Waals surface area (Å²) >= 11 is 0. The van der Waals surface area contributed by atoms with Crippen molar-refractivity contribution in [2.45, 2.75) is 57.2 Å². The zero-order valence-corrected chi connectivity index (χ0v) is 17.6. The van der Waals surface area contributed by atoms with Gasteiger partial charge in [0.25, 0.3) is 0 Å². The Labute approximate surface area is 173 Å². The highest BCUT2D eigenvalue weighted by Crippen LogP contribution is 2.26. The van der Waals surface area contributed by atoms with Gasteiger partial charge in [-0.3, -0.25) is 9.79 Å². The molecular weight excluding hydrogens is 368 g/mol. The van der Waals surface area contributed by atoms with E-state index >= 15 is 0 Å². The smallest absolute Gasteiger partial charge is 0.223 e. The van der Waals surface area contributed by atoms with Gasteiger partial charge in [0, 0.05) is 37.2 Å². The standard InChI is InChI=1S/C22H34N4O3/c1-23-22(24-12-13-29-15-17-6-3-4-9-20(17)28-2)26-19-8-5-7-16(14-19)21(27)25-18-10-11-18/h3-4,6,9,16,18-19H,5,7-8,10-15H2,1-2H3,(H,25,27)(H2,23,24,26). The molecule has 2 aliphatic rings. The Kier molecular flexibility index (Phi) is 8.16. The molecule has 0 aromatic heterocycles. The summed E-state index contributed by atoms with van der Waals surface area (Å²) in [7, 11) is 3.44. The molecule has 3 rings (SSSR count). The molecule has 1 aromatic carbocycles. The van der Waals surface area contributed by atoms with Gasteiger partial charge < -0.3 is 25.4 Å². The maximum absolute atomic E-state index is 12.3. The molecule has 7 heteroatoms. The molecule has 3 N–H and O–H groups in total. The Morgan fingerprint density at radius 2 is 1.97 bits per heavy atom. The molecule has 2 atom stereocenters. The van der Waals surface area contributed by atoms with Crippen molar-refractivity contribution in [3.05, 3.63) is 29.8 Å². The third-order valence-corrected chi connectivity index (χ3v) is 5.52. The molecule has 1 aromatic rings. The largest absolute Gasteiger partial charge is 0.496 e. The van der Waals surface area contributed by atoms with E-state index in [1.54, 1.807) is 14.2 Å². The predicted octanol–water partition coefficient (Wildman–Crippen LogP) is 2.21. The lowest BCUT2D eigenvalue weighted by Crippen LogP contribution is -2.47. The SMILES string of the molecule is CN=C(NCCOCc1ccccc1OC)NC1CCCC(C(=O)NC2CC2)C1. The summed E-state index contributed by atoms with van der Waals surface area (Å²) in [6.45, 7) is 1.74. The zero-order chi connectivity index (χ0) is 20.5. The Hall–Kier alpha value is -2.28. The number of amides is 1. The van der Waals surface area contributed by atoms with Crippen LogP contribution in [0.25, 0.3) is 0 Å². The highest BCUT2D eigenvalue weighted by molar-refractivity contribution is 5.81. The molecule has 7 nitrogen and oxygen atoms in total. The average Bonchev–Trinajstić information content (AvgIpc) is 3.57. The molecule has 0 saturated heterocycles. The first-order valence-electron chi connectivity index (χ1n) is 10.7. The Balaban J connectivity index is 1.35.